The van der Waals surface area contributed by atoms with Gasteiger partial charge in [0.2, 0.25) is 0 Å². The maximum Gasteiger partial charge on any atom is 0.416 e. The van der Waals surface area contributed by atoms with Gasteiger partial charge < -0.3 is 5.32 Å². The summed E-state index contributed by atoms with van der Waals surface area (Å²) in [5.41, 5.74) is 2.32. The summed E-state index contributed by atoms with van der Waals surface area (Å²) in [7, 11) is 0. The molecule has 0 saturated heterocycles. The van der Waals surface area contributed by atoms with Gasteiger partial charge in [-0.3, -0.25) is 10.2 Å². The molecule has 0 atom stereocenters. The largest absolute Gasteiger partial charge is 0.416 e. The van der Waals surface area contributed by atoms with E-state index in [9.17, 15) is 22.4 Å². The number of nitrogen functional groups attached to an aromatic ring is 1. The first-order valence-corrected chi connectivity index (χ1v) is 6.93. The van der Waals surface area contributed by atoms with Crippen LogP contribution in [0.2, 0.25) is 0 Å². The molecule has 2 rings (SSSR count). The highest BCUT2D eigenvalue weighted by Crippen LogP contribution is 2.33. The van der Waals surface area contributed by atoms with Crippen LogP contribution in [0.5, 0.6) is 0 Å². The second-order valence-corrected chi connectivity index (χ2v) is 5.16. The predicted molar refractivity (Wildman–Crippen MR) is 81.6 cm³/mol. The Morgan fingerprint density at radius 3 is 2.50 bits per heavy atom. The number of nitrogens with two attached hydrogens (primary N) is 1. The van der Waals surface area contributed by atoms with Crippen molar-refractivity contribution < 1.29 is 22.4 Å². The molecule has 1 amide bonds. The number of rotatable bonds is 4. The fraction of sp³-hybridized carbons (Fsp3) is 0.188. The second-order valence-electron chi connectivity index (χ2n) is 5.16. The first-order valence-electron chi connectivity index (χ1n) is 6.93. The maximum atomic E-state index is 13.1. The Morgan fingerprint density at radius 2 is 1.88 bits per heavy atom. The Labute approximate surface area is 135 Å². The average Bonchev–Trinajstić information content (AvgIpc) is 2.53. The Morgan fingerprint density at radius 1 is 1.17 bits per heavy atom. The van der Waals surface area contributed by atoms with E-state index in [1.165, 1.54) is 6.07 Å². The lowest BCUT2D eigenvalue weighted by atomic mass is 10.1. The standard InChI is InChI=1S/C16H15F4N3O/c1-9-2-3-10(15(24)23-21)6-14(9)22-8-11-4-5-12(17)7-13(11)16(18,19)20/h2-7,22H,8,21H2,1H3,(H,23,24). The summed E-state index contributed by atoms with van der Waals surface area (Å²) in [5.74, 6) is 3.59. The first-order chi connectivity index (χ1) is 11.2. The number of benzene rings is 2. The lowest BCUT2D eigenvalue weighted by molar-refractivity contribution is -0.138. The normalized spacial score (nSPS) is 11.2. The summed E-state index contributed by atoms with van der Waals surface area (Å²) in [5, 5.41) is 2.84. The van der Waals surface area contributed by atoms with E-state index in [1.54, 1.807) is 19.1 Å². The van der Waals surface area contributed by atoms with Crippen LogP contribution < -0.4 is 16.6 Å². The van der Waals surface area contributed by atoms with Gasteiger partial charge in [-0.25, -0.2) is 10.2 Å². The summed E-state index contributed by atoms with van der Waals surface area (Å²) in [6, 6.07) is 7.18. The van der Waals surface area contributed by atoms with Crippen LogP contribution in [-0.2, 0) is 12.7 Å². The van der Waals surface area contributed by atoms with Gasteiger partial charge in [0.15, 0.2) is 0 Å². The summed E-state index contributed by atoms with van der Waals surface area (Å²) in [6.45, 7) is 1.56. The van der Waals surface area contributed by atoms with E-state index in [0.29, 0.717) is 11.8 Å². The Bertz CT molecular complexity index is 759. The molecule has 0 aliphatic heterocycles. The van der Waals surface area contributed by atoms with Crippen LogP contribution in [0.15, 0.2) is 36.4 Å². The summed E-state index contributed by atoms with van der Waals surface area (Å²) in [6.07, 6.45) is -4.66. The zero-order valence-corrected chi connectivity index (χ0v) is 12.7. The van der Waals surface area contributed by atoms with Crippen molar-refractivity contribution in [2.75, 3.05) is 5.32 Å². The van der Waals surface area contributed by atoms with Crippen LogP contribution in [0.25, 0.3) is 0 Å². The van der Waals surface area contributed by atoms with Gasteiger partial charge in [0.1, 0.15) is 5.82 Å². The van der Waals surface area contributed by atoms with Crippen molar-refractivity contribution in [2.45, 2.75) is 19.6 Å². The number of nitrogens with one attached hydrogen (secondary N) is 2. The molecule has 0 spiro atoms. The van der Waals surface area contributed by atoms with E-state index in [1.807, 2.05) is 5.43 Å². The van der Waals surface area contributed by atoms with Crippen molar-refractivity contribution in [1.82, 2.24) is 5.43 Å². The van der Waals surface area contributed by atoms with Crippen molar-refractivity contribution in [3.05, 3.63) is 64.5 Å². The molecule has 4 nitrogen and oxygen atoms in total. The maximum absolute atomic E-state index is 13.1. The third-order valence-electron chi connectivity index (χ3n) is 3.48. The van der Waals surface area contributed by atoms with Gasteiger partial charge in [0.25, 0.3) is 5.91 Å². The van der Waals surface area contributed by atoms with E-state index >= 15 is 0 Å². The van der Waals surface area contributed by atoms with E-state index in [0.717, 1.165) is 17.7 Å². The molecule has 0 aliphatic rings. The van der Waals surface area contributed by atoms with E-state index in [2.05, 4.69) is 5.32 Å². The SMILES string of the molecule is Cc1ccc(C(=O)NN)cc1NCc1ccc(F)cc1C(F)(F)F. The summed E-state index contributed by atoms with van der Waals surface area (Å²) < 4.78 is 52.1. The number of hydrogen-bond donors (Lipinski definition) is 3. The average molecular weight is 341 g/mol. The minimum Gasteiger partial charge on any atom is -0.381 e. The van der Waals surface area contributed by atoms with E-state index in [-0.39, 0.29) is 17.7 Å². The van der Waals surface area contributed by atoms with Crippen molar-refractivity contribution in [3.8, 4) is 0 Å². The van der Waals surface area contributed by atoms with Crippen LogP contribution >= 0.6 is 0 Å². The number of anilines is 1. The molecule has 0 radical (unpaired) electrons. The van der Waals surface area contributed by atoms with Gasteiger partial charge >= 0.3 is 6.18 Å². The number of carbonyl (C=O) groups excluding carboxylic acids is 1. The zero-order chi connectivity index (χ0) is 17.9. The third-order valence-corrected chi connectivity index (χ3v) is 3.48. The molecule has 8 heteroatoms. The van der Waals surface area contributed by atoms with Crippen LogP contribution in [-0.4, -0.2) is 5.91 Å². The molecule has 4 N–H and O–H groups in total. The number of aryl methyl sites for hydroxylation is 1. The Hall–Kier alpha value is -2.61. The van der Waals surface area contributed by atoms with Crippen molar-refractivity contribution in [1.29, 1.82) is 0 Å². The molecule has 0 saturated carbocycles. The van der Waals surface area contributed by atoms with Crippen LogP contribution in [0.1, 0.15) is 27.0 Å². The predicted octanol–water partition coefficient (Wildman–Crippen LogP) is 3.37. The smallest absolute Gasteiger partial charge is 0.381 e. The highest BCUT2D eigenvalue weighted by Gasteiger charge is 2.33. The minimum absolute atomic E-state index is 0.100. The van der Waals surface area contributed by atoms with Gasteiger partial charge in [0, 0.05) is 17.8 Å². The molecular formula is C16H15F4N3O. The fourth-order valence-corrected chi connectivity index (χ4v) is 2.19. The molecule has 0 aliphatic carbocycles. The number of hydrogen-bond acceptors (Lipinski definition) is 3. The number of alkyl halides is 3. The molecule has 0 heterocycles. The van der Waals surface area contributed by atoms with Gasteiger partial charge in [-0.2, -0.15) is 13.2 Å². The molecule has 0 fully saturated rings. The number of hydrazine groups is 1. The van der Waals surface area contributed by atoms with Crippen LogP contribution in [0, 0.1) is 12.7 Å². The summed E-state index contributed by atoms with van der Waals surface area (Å²) in [4.78, 5) is 11.5. The molecule has 128 valence electrons. The van der Waals surface area contributed by atoms with Gasteiger partial charge in [-0.1, -0.05) is 12.1 Å². The van der Waals surface area contributed by atoms with Gasteiger partial charge in [0.05, 0.1) is 5.56 Å². The fourth-order valence-electron chi connectivity index (χ4n) is 2.19. The third kappa shape index (κ3) is 4.02. The van der Waals surface area contributed by atoms with Crippen molar-refractivity contribution in [2.24, 2.45) is 5.84 Å². The molecule has 2 aromatic carbocycles. The molecule has 24 heavy (non-hydrogen) atoms. The number of halogens is 4. The van der Waals surface area contributed by atoms with Crippen LogP contribution in [0.4, 0.5) is 23.2 Å². The van der Waals surface area contributed by atoms with Crippen LogP contribution in [0.3, 0.4) is 0 Å². The quantitative estimate of drug-likeness (QED) is 0.346. The number of amides is 1. The highest BCUT2D eigenvalue weighted by molar-refractivity contribution is 5.94. The molecule has 2 aromatic rings. The van der Waals surface area contributed by atoms with Crippen molar-refractivity contribution in [3.63, 3.8) is 0 Å². The molecular weight excluding hydrogens is 326 g/mol. The van der Waals surface area contributed by atoms with Crippen molar-refractivity contribution >= 4 is 11.6 Å². The molecule has 0 unspecified atom stereocenters. The first kappa shape index (κ1) is 17.7. The van der Waals surface area contributed by atoms with Gasteiger partial charge in [-0.15, -0.1) is 0 Å². The highest BCUT2D eigenvalue weighted by atomic mass is 19.4. The lowest BCUT2D eigenvalue weighted by Gasteiger charge is -2.15. The second kappa shape index (κ2) is 6.88. The minimum atomic E-state index is -4.66. The topological polar surface area (TPSA) is 67.2 Å². The Balaban J connectivity index is 2.27. The molecule has 0 bridgehead atoms. The monoisotopic (exact) mass is 341 g/mol. The van der Waals surface area contributed by atoms with E-state index < -0.39 is 23.5 Å². The Kier molecular flexibility index (Phi) is 5.08. The molecule has 0 aromatic heterocycles. The lowest BCUT2D eigenvalue weighted by Crippen LogP contribution is -2.30. The zero-order valence-electron chi connectivity index (χ0n) is 12.7. The number of carbonyl (C=O) groups is 1. The summed E-state index contributed by atoms with van der Waals surface area (Å²) >= 11 is 0. The van der Waals surface area contributed by atoms with Gasteiger partial charge in [-0.05, 0) is 42.3 Å². The van der Waals surface area contributed by atoms with E-state index in [4.69, 9.17) is 5.84 Å².